The predicted octanol–water partition coefficient (Wildman–Crippen LogP) is 2.01. The van der Waals surface area contributed by atoms with E-state index in [0.29, 0.717) is 11.3 Å². The summed E-state index contributed by atoms with van der Waals surface area (Å²) in [5.74, 6) is 0.0313. The van der Waals surface area contributed by atoms with E-state index < -0.39 is 5.82 Å². The number of rotatable bonds is 1. The second-order valence-electron chi connectivity index (χ2n) is 2.42. The topological polar surface area (TPSA) is 33.0 Å². The highest BCUT2D eigenvalue weighted by molar-refractivity contribution is 5.48. The van der Waals surface area contributed by atoms with Crippen molar-refractivity contribution < 1.29 is 9.13 Å². The van der Waals surface area contributed by atoms with Gasteiger partial charge in [-0.05, 0) is 24.6 Å². The highest BCUT2D eigenvalue weighted by Gasteiger charge is 2.07. The maximum atomic E-state index is 12.7. The van der Waals surface area contributed by atoms with Gasteiger partial charge >= 0.3 is 0 Å². The number of hydrogen-bond acceptors (Lipinski definition) is 2. The van der Waals surface area contributed by atoms with Gasteiger partial charge < -0.3 is 4.74 Å². The Kier molecular flexibility index (Phi) is 2.29. The molecule has 0 aliphatic carbocycles. The summed E-state index contributed by atoms with van der Waals surface area (Å²) in [6.07, 6.45) is 0. The molecule has 0 saturated heterocycles. The van der Waals surface area contributed by atoms with Gasteiger partial charge in [0.25, 0.3) is 0 Å². The normalized spacial score (nSPS) is 9.17. The Morgan fingerprint density at radius 2 is 2.17 bits per heavy atom. The summed E-state index contributed by atoms with van der Waals surface area (Å²) in [6, 6.07) is 4.35. The van der Waals surface area contributed by atoms with E-state index in [2.05, 4.69) is 0 Å². The highest BCUT2D eigenvalue weighted by atomic mass is 19.1. The number of ether oxygens (including phenoxy) is 1. The lowest BCUT2D eigenvalue weighted by Gasteiger charge is -2.05. The molecule has 2 nitrogen and oxygen atoms in total. The number of methoxy groups -OCH3 is 1. The Hall–Kier alpha value is -1.56. The summed E-state index contributed by atoms with van der Waals surface area (Å²) in [5.41, 5.74) is 0.865. The zero-order valence-corrected chi connectivity index (χ0v) is 6.89. The van der Waals surface area contributed by atoms with Crippen molar-refractivity contribution in [2.45, 2.75) is 6.92 Å². The monoisotopic (exact) mass is 165 g/mol. The van der Waals surface area contributed by atoms with E-state index in [4.69, 9.17) is 10.00 Å². The van der Waals surface area contributed by atoms with Crippen LogP contribution in [0.2, 0.25) is 0 Å². The number of halogens is 1. The van der Waals surface area contributed by atoms with Crippen LogP contribution in [-0.2, 0) is 0 Å². The number of benzene rings is 1. The summed E-state index contributed by atoms with van der Waals surface area (Å²) in [7, 11) is 1.46. The van der Waals surface area contributed by atoms with Crippen LogP contribution in [0.4, 0.5) is 4.39 Å². The SMILES string of the molecule is COc1c(C)cc(F)cc1C#N. The molecule has 1 aromatic carbocycles. The zero-order chi connectivity index (χ0) is 9.14. The van der Waals surface area contributed by atoms with Gasteiger partial charge in [-0.25, -0.2) is 4.39 Å². The lowest BCUT2D eigenvalue weighted by molar-refractivity contribution is 0.409. The van der Waals surface area contributed by atoms with E-state index in [0.717, 1.165) is 6.07 Å². The summed E-state index contributed by atoms with van der Waals surface area (Å²) in [4.78, 5) is 0. The molecule has 0 aromatic heterocycles. The van der Waals surface area contributed by atoms with Crippen molar-refractivity contribution in [2.75, 3.05) is 7.11 Å². The minimum absolute atomic E-state index is 0.231. The van der Waals surface area contributed by atoms with Gasteiger partial charge in [0.05, 0.1) is 12.7 Å². The molecule has 0 saturated carbocycles. The van der Waals surface area contributed by atoms with Crippen LogP contribution >= 0.6 is 0 Å². The van der Waals surface area contributed by atoms with Crippen molar-refractivity contribution in [1.82, 2.24) is 0 Å². The molecule has 0 aliphatic heterocycles. The van der Waals surface area contributed by atoms with Gasteiger partial charge in [0.15, 0.2) is 0 Å². The average molecular weight is 165 g/mol. The maximum Gasteiger partial charge on any atom is 0.139 e. The molecule has 0 spiro atoms. The van der Waals surface area contributed by atoms with Crippen LogP contribution in [0.15, 0.2) is 12.1 Å². The average Bonchev–Trinajstić information content (AvgIpc) is 2.03. The fraction of sp³-hybridized carbons (Fsp3) is 0.222. The zero-order valence-electron chi connectivity index (χ0n) is 6.89. The van der Waals surface area contributed by atoms with E-state index in [1.807, 2.05) is 6.07 Å². The fourth-order valence-electron chi connectivity index (χ4n) is 1.08. The molecule has 0 unspecified atom stereocenters. The van der Waals surface area contributed by atoms with Crippen molar-refractivity contribution in [1.29, 1.82) is 5.26 Å². The van der Waals surface area contributed by atoms with Crippen LogP contribution in [0.1, 0.15) is 11.1 Å². The largest absolute Gasteiger partial charge is 0.495 e. The molecule has 0 fully saturated rings. The van der Waals surface area contributed by atoms with E-state index in [9.17, 15) is 4.39 Å². The van der Waals surface area contributed by atoms with Gasteiger partial charge in [0, 0.05) is 0 Å². The van der Waals surface area contributed by atoms with E-state index in [1.165, 1.54) is 13.2 Å². The second kappa shape index (κ2) is 3.22. The minimum atomic E-state index is -0.412. The van der Waals surface area contributed by atoms with Crippen LogP contribution in [0.3, 0.4) is 0 Å². The lowest BCUT2D eigenvalue weighted by Crippen LogP contribution is -1.92. The first-order valence-electron chi connectivity index (χ1n) is 3.43. The second-order valence-corrected chi connectivity index (χ2v) is 2.42. The standard InChI is InChI=1S/C9H8FNO/c1-6-3-8(10)4-7(5-11)9(6)12-2/h3-4H,1-2H3. The summed E-state index contributed by atoms with van der Waals surface area (Å²) in [6.45, 7) is 1.70. The number of hydrogen-bond donors (Lipinski definition) is 0. The van der Waals surface area contributed by atoms with E-state index >= 15 is 0 Å². The van der Waals surface area contributed by atoms with Crippen molar-refractivity contribution in [3.05, 3.63) is 29.1 Å². The third-order valence-electron chi connectivity index (χ3n) is 1.56. The maximum absolute atomic E-state index is 12.7. The molecule has 3 heteroatoms. The first kappa shape index (κ1) is 8.54. The minimum Gasteiger partial charge on any atom is -0.495 e. The number of aryl methyl sites for hydroxylation is 1. The Morgan fingerprint density at radius 1 is 1.50 bits per heavy atom. The molecule has 0 aliphatic rings. The van der Waals surface area contributed by atoms with Crippen LogP contribution in [0, 0.1) is 24.1 Å². The molecule has 0 N–H and O–H groups in total. The summed E-state index contributed by atoms with van der Waals surface area (Å²) < 4.78 is 17.7. The van der Waals surface area contributed by atoms with E-state index in [-0.39, 0.29) is 5.56 Å². The van der Waals surface area contributed by atoms with Crippen molar-refractivity contribution in [2.24, 2.45) is 0 Å². The Morgan fingerprint density at radius 3 is 2.67 bits per heavy atom. The van der Waals surface area contributed by atoms with Crippen molar-refractivity contribution in [3.63, 3.8) is 0 Å². The number of nitrogens with zero attached hydrogens (tertiary/aromatic N) is 1. The third kappa shape index (κ3) is 1.37. The predicted molar refractivity (Wildman–Crippen MR) is 42.4 cm³/mol. The van der Waals surface area contributed by atoms with E-state index in [1.54, 1.807) is 6.92 Å². The van der Waals surface area contributed by atoms with Gasteiger partial charge in [-0.3, -0.25) is 0 Å². The Labute approximate surface area is 70.2 Å². The van der Waals surface area contributed by atoms with Crippen LogP contribution in [-0.4, -0.2) is 7.11 Å². The van der Waals surface area contributed by atoms with Gasteiger partial charge in [-0.2, -0.15) is 5.26 Å². The molecule has 0 radical (unpaired) electrons. The smallest absolute Gasteiger partial charge is 0.139 e. The molecular weight excluding hydrogens is 157 g/mol. The Balaban J connectivity index is 3.36. The molecule has 0 amide bonds. The van der Waals surface area contributed by atoms with Gasteiger partial charge in [0.2, 0.25) is 0 Å². The fourth-order valence-corrected chi connectivity index (χ4v) is 1.08. The highest BCUT2D eigenvalue weighted by Crippen LogP contribution is 2.23. The van der Waals surface area contributed by atoms with Crippen LogP contribution in [0.25, 0.3) is 0 Å². The first-order valence-corrected chi connectivity index (χ1v) is 3.43. The lowest BCUT2D eigenvalue weighted by atomic mass is 10.1. The van der Waals surface area contributed by atoms with Crippen LogP contribution in [0.5, 0.6) is 5.75 Å². The van der Waals surface area contributed by atoms with Crippen LogP contribution < -0.4 is 4.74 Å². The Bertz CT molecular complexity index is 341. The molecule has 12 heavy (non-hydrogen) atoms. The molecule has 0 heterocycles. The molecule has 1 rings (SSSR count). The summed E-state index contributed by atoms with van der Waals surface area (Å²) >= 11 is 0. The number of nitriles is 1. The third-order valence-corrected chi connectivity index (χ3v) is 1.56. The van der Waals surface area contributed by atoms with Crippen molar-refractivity contribution in [3.8, 4) is 11.8 Å². The summed E-state index contributed by atoms with van der Waals surface area (Å²) in [5, 5.41) is 8.60. The molecule has 0 bridgehead atoms. The van der Waals surface area contributed by atoms with Gasteiger partial charge in [-0.15, -0.1) is 0 Å². The molecule has 62 valence electrons. The molecular formula is C9H8FNO. The first-order chi connectivity index (χ1) is 5.69. The quantitative estimate of drug-likeness (QED) is 0.637. The van der Waals surface area contributed by atoms with Gasteiger partial charge in [-0.1, -0.05) is 0 Å². The van der Waals surface area contributed by atoms with Gasteiger partial charge in [0.1, 0.15) is 17.6 Å². The molecule has 0 atom stereocenters. The van der Waals surface area contributed by atoms with Crippen molar-refractivity contribution >= 4 is 0 Å². The molecule has 1 aromatic rings.